The maximum Gasteiger partial charge on any atom is 0.243 e. The molecule has 0 aromatic heterocycles. The van der Waals surface area contributed by atoms with Crippen LogP contribution in [0.15, 0.2) is 18.2 Å². The molecule has 7 nitrogen and oxygen atoms in total. The Morgan fingerprint density at radius 3 is 2.18 bits per heavy atom. The summed E-state index contributed by atoms with van der Waals surface area (Å²) in [7, 11) is 3.10. The van der Waals surface area contributed by atoms with Crippen LogP contribution < -0.4 is 25.8 Å². The summed E-state index contributed by atoms with van der Waals surface area (Å²) in [5.74, 6) is 1.67. The number of hydrogen-bond donors (Lipinski definition) is 3. The van der Waals surface area contributed by atoms with Crippen LogP contribution in [0.4, 0.5) is 5.69 Å². The molecule has 2 amide bonds. The van der Waals surface area contributed by atoms with Crippen molar-refractivity contribution in [1.29, 1.82) is 0 Å². The Morgan fingerprint density at radius 2 is 1.64 bits per heavy atom. The summed E-state index contributed by atoms with van der Waals surface area (Å²) in [6.45, 7) is -0.0593. The first-order valence-electron chi connectivity index (χ1n) is 9.56. The van der Waals surface area contributed by atoms with Gasteiger partial charge in [-0.3, -0.25) is 9.59 Å². The fraction of sp³-hybridized carbons (Fsp3) is 0.600. The molecule has 2 aliphatic carbocycles. The lowest BCUT2D eigenvalue weighted by Gasteiger charge is -2.43. The third-order valence-electron chi connectivity index (χ3n) is 5.84. The van der Waals surface area contributed by atoms with E-state index in [4.69, 9.17) is 15.2 Å². The van der Waals surface area contributed by atoms with E-state index >= 15 is 0 Å². The first-order valence-corrected chi connectivity index (χ1v) is 9.56. The van der Waals surface area contributed by atoms with Crippen LogP contribution in [0.1, 0.15) is 32.1 Å². The number of ether oxygens (including phenoxy) is 2. The highest BCUT2D eigenvalue weighted by Gasteiger charge is 2.40. The molecule has 4 N–H and O–H groups in total. The van der Waals surface area contributed by atoms with Crippen LogP contribution in [0, 0.1) is 17.8 Å². The molecule has 28 heavy (non-hydrogen) atoms. The van der Waals surface area contributed by atoms with E-state index in [1.165, 1.54) is 6.42 Å². The van der Waals surface area contributed by atoms with Crippen LogP contribution in [0.2, 0.25) is 0 Å². The zero-order valence-corrected chi connectivity index (χ0v) is 17.2. The highest BCUT2D eigenvalue weighted by atomic mass is 35.5. The minimum absolute atomic E-state index is 0. The summed E-state index contributed by atoms with van der Waals surface area (Å²) in [5.41, 5.74) is 6.84. The second-order valence-electron chi connectivity index (χ2n) is 7.56. The lowest BCUT2D eigenvalue weighted by atomic mass is 9.65. The van der Waals surface area contributed by atoms with Crippen LogP contribution in [0.3, 0.4) is 0 Å². The average Bonchev–Trinajstić information content (AvgIpc) is 2.65. The number of rotatable bonds is 6. The molecule has 0 aliphatic heterocycles. The van der Waals surface area contributed by atoms with Crippen molar-refractivity contribution in [2.24, 2.45) is 23.5 Å². The van der Waals surface area contributed by atoms with E-state index in [1.54, 1.807) is 32.4 Å². The van der Waals surface area contributed by atoms with Crippen molar-refractivity contribution in [3.05, 3.63) is 18.2 Å². The van der Waals surface area contributed by atoms with E-state index in [-0.39, 0.29) is 42.7 Å². The van der Waals surface area contributed by atoms with Crippen molar-refractivity contribution in [2.75, 3.05) is 26.1 Å². The van der Waals surface area contributed by atoms with Gasteiger partial charge in [0.05, 0.1) is 20.8 Å². The highest BCUT2D eigenvalue weighted by Crippen LogP contribution is 2.41. The molecular formula is C20H30ClN3O4. The molecule has 8 heteroatoms. The molecule has 0 radical (unpaired) electrons. The van der Waals surface area contributed by atoms with Crippen molar-refractivity contribution >= 4 is 29.9 Å². The van der Waals surface area contributed by atoms with Gasteiger partial charge in [-0.2, -0.15) is 0 Å². The first kappa shape index (κ1) is 22.3. The smallest absolute Gasteiger partial charge is 0.243 e. The summed E-state index contributed by atoms with van der Waals surface area (Å²) in [6, 6.07) is 5.36. The lowest BCUT2D eigenvalue weighted by Crippen LogP contribution is -2.49. The zero-order valence-electron chi connectivity index (χ0n) is 16.4. The van der Waals surface area contributed by atoms with Gasteiger partial charge in [0.15, 0.2) is 0 Å². The Morgan fingerprint density at radius 1 is 1.07 bits per heavy atom. The highest BCUT2D eigenvalue weighted by molar-refractivity contribution is 5.95. The zero-order chi connectivity index (χ0) is 19.4. The third-order valence-corrected chi connectivity index (χ3v) is 5.84. The Labute approximate surface area is 172 Å². The monoisotopic (exact) mass is 411 g/mol. The molecule has 0 spiro atoms. The van der Waals surface area contributed by atoms with Crippen molar-refractivity contribution in [1.82, 2.24) is 5.32 Å². The molecule has 2 aliphatic rings. The largest absolute Gasteiger partial charge is 0.497 e. The maximum absolute atomic E-state index is 12.5. The Kier molecular flexibility index (Phi) is 7.95. The van der Waals surface area contributed by atoms with E-state index in [1.807, 2.05) is 0 Å². The Balaban J connectivity index is 0.00000280. The van der Waals surface area contributed by atoms with E-state index in [9.17, 15) is 9.59 Å². The lowest BCUT2D eigenvalue weighted by molar-refractivity contribution is -0.129. The van der Waals surface area contributed by atoms with Crippen LogP contribution in [0.25, 0.3) is 0 Å². The Hall–Kier alpha value is -1.99. The van der Waals surface area contributed by atoms with Crippen molar-refractivity contribution in [3.8, 4) is 11.5 Å². The number of carbonyl (C=O) groups is 2. The van der Waals surface area contributed by atoms with Crippen molar-refractivity contribution in [2.45, 2.75) is 38.1 Å². The number of fused-ring (bicyclic) bond motifs is 2. The van der Waals surface area contributed by atoms with E-state index in [0.29, 0.717) is 29.0 Å². The molecule has 3 rings (SSSR count). The average molecular weight is 412 g/mol. The van der Waals surface area contributed by atoms with Gasteiger partial charge in [-0.1, -0.05) is 6.42 Å². The second-order valence-corrected chi connectivity index (χ2v) is 7.56. The van der Waals surface area contributed by atoms with Crippen molar-refractivity contribution < 1.29 is 19.1 Å². The fourth-order valence-corrected chi connectivity index (χ4v) is 4.40. The van der Waals surface area contributed by atoms with Gasteiger partial charge in [-0.25, -0.2) is 0 Å². The number of hydrogen-bond acceptors (Lipinski definition) is 5. The minimum Gasteiger partial charge on any atom is -0.497 e. The van der Waals surface area contributed by atoms with Gasteiger partial charge < -0.3 is 25.8 Å². The van der Waals surface area contributed by atoms with E-state index < -0.39 is 0 Å². The van der Waals surface area contributed by atoms with Gasteiger partial charge in [-0.05, 0) is 37.5 Å². The molecule has 2 unspecified atom stereocenters. The van der Waals surface area contributed by atoms with Gasteiger partial charge in [0.25, 0.3) is 0 Å². The normalized spacial score (nSPS) is 25.8. The summed E-state index contributed by atoms with van der Waals surface area (Å²) < 4.78 is 10.4. The number of carbonyl (C=O) groups excluding carboxylic acids is 2. The number of amides is 2. The SMILES string of the molecule is COc1cc(NC(=O)CNC(=O)C2CC3CCCC(C2)C3N)cc(OC)c1.Cl. The molecule has 1 aromatic carbocycles. The third kappa shape index (κ3) is 5.29. The van der Waals surface area contributed by atoms with Crippen LogP contribution >= 0.6 is 12.4 Å². The van der Waals surface area contributed by atoms with Gasteiger partial charge >= 0.3 is 0 Å². The van der Waals surface area contributed by atoms with Crippen LogP contribution in [-0.2, 0) is 9.59 Å². The molecule has 2 fully saturated rings. The van der Waals surface area contributed by atoms with Gasteiger partial charge in [0.2, 0.25) is 11.8 Å². The second kappa shape index (κ2) is 9.98. The summed E-state index contributed by atoms with van der Waals surface area (Å²) in [4.78, 5) is 24.7. The molecule has 2 bridgehead atoms. The molecule has 0 heterocycles. The topological polar surface area (TPSA) is 103 Å². The maximum atomic E-state index is 12.5. The van der Waals surface area contributed by atoms with Crippen molar-refractivity contribution in [3.63, 3.8) is 0 Å². The number of anilines is 1. The first-order chi connectivity index (χ1) is 13.0. The number of nitrogens with one attached hydrogen (secondary N) is 2. The fourth-order valence-electron chi connectivity index (χ4n) is 4.40. The van der Waals surface area contributed by atoms with Gasteiger partial charge in [0.1, 0.15) is 11.5 Å². The van der Waals surface area contributed by atoms with Crippen LogP contribution in [-0.4, -0.2) is 38.6 Å². The van der Waals surface area contributed by atoms with Gasteiger partial charge in [-0.15, -0.1) is 12.4 Å². The number of benzene rings is 1. The van der Waals surface area contributed by atoms with E-state index in [2.05, 4.69) is 10.6 Å². The predicted molar refractivity (Wildman–Crippen MR) is 110 cm³/mol. The summed E-state index contributed by atoms with van der Waals surface area (Å²) in [6.07, 6.45) is 5.10. The molecule has 1 aromatic rings. The predicted octanol–water partition coefficient (Wildman–Crippen LogP) is 2.33. The standard InChI is InChI=1S/C20H29N3O4.ClH/c1-26-16-8-15(9-17(10-16)27-2)23-18(24)11-22-20(25)14-6-12-4-3-5-13(7-14)19(12)21;/h8-10,12-14,19H,3-7,11,21H2,1-2H3,(H,22,25)(H,23,24);1H. The molecular weight excluding hydrogens is 382 g/mol. The van der Waals surface area contributed by atoms with E-state index in [0.717, 1.165) is 25.7 Å². The minimum atomic E-state index is -0.286. The summed E-state index contributed by atoms with van der Waals surface area (Å²) in [5, 5.41) is 5.54. The quantitative estimate of drug-likeness (QED) is 0.666. The summed E-state index contributed by atoms with van der Waals surface area (Å²) >= 11 is 0. The molecule has 0 saturated heterocycles. The van der Waals surface area contributed by atoms with Crippen LogP contribution in [0.5, 0.6) is 11.5 Å². The Bertz CT molecular complexity index is 664. The van der Waals surface area contributed by atoms with Gasteiger partial charge in [0, 0.05) is 35.8 Å². The number of nitrogens with two attached hydrogens (primary N) is 1. The molecule has 156 valence electrons. The molecule has 2 saturated carbocycles. The molecule has 2 atom stereocenters. The number of methoxy groups -OCH3 is 2. The number of halogens is 1.